The third kappa shape index (κ3) is 5.38. The number of methoxy groups -OCH3 is 1. The molecule has 1 atom stereocenters. The normalized spacial score (nSPS) is 15.3. The number of nitrogens with zero attached hydrogens (tertiary/aromatic N) is 3. The van der Waals surface area contributed by atoms with Gasteiger partial charge in [-0.3, -0.25) is 19.4 Å². The van der Waals surface area contributed by atoms with E-state index in [1.54, 1.807) is 48.8 Å². The fourth-order valence-electron chi connectivity index (χ4n) is 3.93. The molecule has 0 aliphatic carbocycles. The van der Waals surface area contributed by atoms with Crippen molar-refractivity contribution in [1.82, 2.24) is 9.88 Å². The first-order valence-corrected chi connectivity index (χ1v) is 11.2. The van der Waals surface area contributed by atoms with E-state index < -0.39 is 23.8 Å². The Hall–Kier alpha value is -4.04. The van der Waals surface area contributed by atoms with Crippen LogP contribution in [0.1, 0.15) is 27.9 Å². The zero-order valence-electron chi connectivity index (χ0n) is 18.9. The summed E-state index contributed by atoms with van der Waals surface area (Å²) in [5.41, 5.74) is 2.09. The first kappa shape index (κ1) is 24.1. The molecule has 178 valence electrons. The van der Waals surface area contributed by atoms with Gasteiger partial charge in [-0.1, -0.05) is 29.8 Å². The van der Waals surface area contributed by atoms with E-state index in [0.29, 0.717) is 16.3 Å². The number of carbonyl (C=O) groups is 4. The second-order valence-electron chi connectivity index (χ2n) is 8.01. The van der Waals surface area contributed by atoms with Crippen molar-refractivity contribution in [3.8, 4) is 0 Å². The molecular formula is C26H22ClN3O5. The number of halogens is 1. The highest BCUT2D eigenvalue weighted by molar-refractivity contribution is 6.30. The summed E-state index contributed by atoms with van der Waals surface area (Å²) in [6.45, 7) is 0.124. The maximum absolute atomic E-state index is 13.4. The molecule has 9 heteroatoms. The van der Waals surface area contributed by atoms with Gasteiger partial charge in [0.2, 0.25) is 11.8 Å². The zero-order chi connectivity index (χ0) is 24.9. The van der Waals surface area contributed by atoms with Gasteiger partial charge in [0.15, 0.2) is 0 Å². The van der Waals surface area contributed by atoms with E-state index in [-0.39, 0.29) is 25.3 Å². The number of imide groups is 1. The van der Waals surface area contributed by atoms with Crippen LogP contribution in [0.3, 0.4) is 0 Å². The molecular weight excluding hydrogens is 470 g/mol. The first-order valence-electron chi connectivity index (χ1n) is 10.9. The Kier molecular flexibility index (Phi) is 7.22. The fraction of sp³-hybridized carbons (Fsp3) is 0.192. The average molecular weight is 492 g/mol. The molecule has 8 nitrogen and oxygen atoms in total. The van der Waals surface area contributed by atoms with Crippen LogP contribution in [0.25, 0.3) is 0 Å². The van der Waals surface area contributed by atoms with Crippen molar-refractivity contribution < 1.29 is 23.9 Å². The van der Waals surface area contributed by atoms with Gasteiger partial charge in [0.05, 0.1) is 31.2 Å². The lowest BCUT2D eigenvalue weighted by atomic mass is 10.1. The Morgan fingerprint density at radius 3 is 2.40 bits per heavy atom. The molecule has 1 saturated heterocycles. The smallest absolute Gasteiger partial charge is 0.337 e. The van der Waals surface area contributed by atoms with Crippen molar-refractivity contribution in [1.29, 1.82) is 0 Å². The van der Waals surface area contributed by atoms with E-state index >= 15 is 0 Å². The lowest BCUT2D eigenvalue weighted by Crippen LogP contribution is -2.45. The number of ether oxygens (including phenoxy) is 1. The number of amides is 3. The van der Waals surface area contributed by atoms with Crippen LogP contribution in [0.4, 0.5) is 5.69 Å². The predicted molar refractivity (Wildman–Crippen MR) is 129 cm³/mol. The van der Waals surface area contributed by atoms with Crippen LogP contribution in [0.2, 0.25) is 5.02 Å². The van der Waals surface area contributed by atoms with Crippen molar-refractivity contribution in [3.63, 3.8) is 0 Å². The van der Waals surface area contributed by atoms with Gasteiger partial charge in [-0.05, 0) is 53.6 Å². The summed E-state index contributed by atoms with van der Waals surface area (Å²) in [7, 11) is 1.27. The molecule has 4 rings (SSSR count). The van der Waals surface area contributed by atoms with Gasteiger partial charge >= 0.3 is 5.97 Å². The van der Waals surface area contributed by atoms with E-state index in [1.807, 2.05) is 0 Å². The number of benzene rings is 2. The third-order valence-corrected chi connectivity index (χ3v) is 5.96. The summed E-state index contributed by atoms with van der Waals surface area (Å²) in [6, 6.07) is 15.4. The lowest BCUT2D eigenvalue weighted by molar-refractivity contribution is -0.138. The Balaban J connectivity index is 1.60. The zero-order valence-corrected chi connectivity index (χ0v) is 19.6. The van der Waals surface area contributed by atoms with Gasteiger partial charge in [-0.25, -0.2) is 9.69 Å². The maximum atomic E-state index is 13.4. The second-order valence-corrected chi connectivity index (χ2v) is 8.45. The van der Waals surface area contributed by atoms with E-state index in [2.05, 4.69) is 9.72 Å². The number of hydrogen-bond acceptors (Lipinski definition) is 6. The number of aromatic nitrogens is 1. The topological polar surface area (TPSA) is 96.9 Å². The molecule has 1 aliphatic rings. The van der Waals surface area contributed by atoms with Crippen LogP contribution in [0.5, 0.6) is 0 Å². The van der Waals surface area contributed by atoms with Crippen LogP contribution in [-0.4, -0.2) is 46.7 Å². The molecule has 3 aromatic rings. The maximum Gasteiger partial charge on any atom is 0.337 e. The Morgan fingerprint density at radius 2 is 1.77 bits per heavy atom. The Morgan fingerprint density at radius 1 is 1.06 bits per heavy atom. The quantitative estimate of drug-likeness (QED) is 0.371. The van der Waals surface area contributed by atoms with Gasteiger partial charge in [-0.15, -0.1) is 0 Å². The summed E-state index contributed by atoms with van der Waals surface area (Å²) in [5.74, 6) is -1.76. The molecule has 1 unspecified atom stereocenters. The molecule has 0 bridgehead atoms. The Bertz CT molecular complexity index is 1250. The lowest BCUT2D eigenvalue weighted by Gasteiger charge is -2.28. The molecule has 0 spiro atoms. The highest BCUT2D eigenvalue weighted by Gasteiger charge is 2.44. The molecule has 1 aromatic heterocycles. The number of esters is 1. The fourth-order valence-corrected chi connectivity index (χ4v) is 4.06. The van der Waals surface area contributed by atoms with E-state index in [0.717, 1.165) is 16.0 Å². The van der Waals surface area contributed by atoms with Gasteiger partial charge in [-0.2, -0.15) is 0 Å². The standard InChI is InChI=1S/C26H22ClN3O5/c1-35-26(34)19-6-10-21(11-7-19)30-24(32)14-22(25(30)33)29(16-18-3-2-12-28-15-18)23(31)13-17-4-8-20(27)9-5-17/h2-12,15,22H,13-14,16H2,1H3. The molecule has 0 N–H and O–H groups in total. The summed E-state index contributed by atoms with van der Waals surface area (Å²) in [6.07, 6.45) is 3.13. The van der Waals surface area contributed by atoms with Crippen molar-refractivity contribution in [3.05, 3.63) is 94.8 Å². The number of pyridine rings is 1. The molecule has 1 fully saturated rings. The minimum Gasteiger partial charge on any atom is -0.465 e. The van der Waals surface area contributed by atoms with Gasteiger partial charge in [0.1, 0.15) is 6.04 Å². The van der Waals surface area contributed by atoms with E-state index in [9.17, 15) is 19.2 Å². The largest absolute Gasteiger partial charge is 0.465 e. The Labute approximate surface area is 207 Å². The molecule has 1 aliphatic heterocycles. The molecule has 2 heterocycles. The summed E-state index contributed by atoms with van der Waals surface area (Å²) < 4.78 is 4.69. The molecule has 0 saturated carbocycles. The first-order chi connectivity index (χ1) is 16.9. The third-order valence-electron chi connectivity index (χ3n) is 5.71. The van der Waals surface area contributed by atoms with E-state index in [1.165, 1.54) is 36.3 Å². The minimum atomic E-state index is -0.970. The van der Waals surface area contributed by atoms with Crippen LogP contribution < -0.4 is 4.90 Å². The van der Waals surface area contributed by atoms with Gasteiger partial charge in [0.25, 0.3) is 5.91 Å². The van der Waals surface area contributed by atoms with Crippen LogP contribution in [-0.2, 0) is 32.1 Å². The summed E-state index contributed by atoms with van der Waals surface area (Å²) in [4.78, 5) is 58.0. The molecule has 3 amide bonds. The molecule has 2 aromatic carbocycles. The summed E-state index contributed by atoms with van der Waals surface area (Å²) >= 11 is 5.95. The van der Waals surface area contributed by atoms with Gasteiger partial charge in [0, 0.05) is 24.0 Å². The number of rotatable bonds is 7. The highest BCUT2D eigenvalue weighted by Crippen LogP contribution is 2.28. The molecule has 0 radical (unpaired) electrons. The van der Waals surface area contributed by atoms with Crippen LogP contribution in [0, 0.1) is 0 Å². The van der Waals surface area contributed by atoms with Crippen molar-refractivity contribution in [2.75, 3.05) is 12.0 Å². The second kappa shape index (κ2) is 10.5. The monoisotopic (exact) mass is 491 g/mol. The van der Waals surface area contributed by atoms with Crippen molar-refractivity contribution >= 4 is 41.0 Å². The number of anilines is 1. The van der Waals surface area contributed by atoms with E-state index in [4.69, 9.17) is 11.6 Å². The average Bonchev–Trinajstić information content (AvgIpc) is 3.17. The van der Waals surface area contributed by atoms with Crippen molar-refractivity contribution in [2.45, 2.75) is 25.4 Å². The SMILES string of the molecule is COC(=O)c1ccc(N2C(=O)CC(N(Cc3cccnc3)C(=O)Cc3ccc(Cl)cc3)C2=O)cc1. The minimum absolute atomic E-state index is 0.0449. The van der Waals surface area contributed by atoms with Gasteiger partial charge < -0.3 is 9.64 Å². The van der Waals surface area contributed by atoms with Crippen molar-refractivity contribution in [2.24, 2.45) is 0 Å². The number of carbonyl (C=O) groups excluding carboxylic acids is 4. The molecule has 35 heavy (non-hydrogen) atoms. The highest BCUT2D eigenvalue weighted by atomic mass is 35.5. The summed E-state index contributed by atoms with van der Waals surface area (Å²) in [5, 5.41) is 0.554. The van der Waals surface area contributed by atoms with Crippen LogP contribution >= 0.6 is 11.6 Å². The van der Waals surface area contributed by atoms with Crippen LogP contribution in [0.15, 0.2) is 73.1 Å². The predicted octanol–water partition coefficient (Wildman–Crippen LogP) is 3.43. The number of hydrogen-bond donors (Lipinski definition) is 0.